The van der Waals surface area contributed by atoms with Crippen LogP contribution in [0.4, 0.5) is 4.79 Å². The van der Waals surface area contributed by atoms with Gasteiger partial charge in [0.2, 0.25) is 0 Å². The molecule has 2 rings (SSSR count). The first-order valence-corrected chi connectivity index (χ1v) is 12.1. The van der Waals surface area contributed by atoms with E-state index in [0.717, 1.165) is 36.8 Å². The molecule has 2 aromatic carbocycles. The van der Waals surface area contributed by atoms with Gasteiger partial charge >= 0.3 is 6.16 Å². The first kappa shape index (κ1) is 27.8. The van der Waals surface area contributed by atoms with Crippen LogP contribution in [-0.4, -0.2) is 59.0 Å². The van der Waals surface area contributed by atoms with Gasteiger partial charge in [-0.15, -0.1) is 0 Å². The standard InChI is InChI=1S/C27H38O7/c1-3-29-19-21-31-17-5-7-23-9-13-25(14-10-23)33-27(28)34-26-15-11-24(12-16-26)8-6-18-32-22-20-30-4-2/h9-16H,3-8,17-22H2,1-2H3. The predicted octanol–water partition coefficient (Wildman–Crippen LogP) is 5.24. The Morgan fingerprint density at radius 3 is 1.32 bits per heavy atom. The first-order valence-electron chi connectivity index (χ1n) is 12.1. The molecule has 0 atom stereocenters. The second-order valence-electron chi connectivity index (χ2n) is 7.57. The van der Waals surface area contributed by atoms with Crippen LogP contribution in [0.2, 0.25) is 0 Å². The second kappa shape index (κ2) is 18.0. The fourth-order valence-corrected chi connectivity index (χ4v) is 3.15. The third-order valence-corrected chi connectivity index (χ3v) is 4.91. The van der Waals surface area contributed by atoms with E-state index in [2.05, 4.69) is 0 Å². The molecule has 0 bridgehead atoms. The first-order chi connectivity index (χ1) is 16.7. The lowest BCUT2D eigenvalue weighted by atomic mass is 10.1. The van der Waals surface area contributed by atoms with Gasteiger partial charge in [0.25, 0.3) is 0 Å². The number of hydrogen-bond donors (Lipinski definition) is 0. The summed E-state index contributed by atoms with van der Waals surface area (Å²) in [6, 6.07) is 14.9. The summed E-state index contributed by atoms with van der Waals surface area (Å²) >= 11 is 0. The van der Waals surface area contributed by atoms with Gasteiger partial charge in [-0.1, -0.05) is 24.3 Å². The number of carbonyl (C=O) groups excluding carboxylic acids is 1. The zero-order valence-electron chi connectivity index (χ0n) is 20.5. The van der Waals surface area contributed by atoms with E-state index < -0.39 is 6.16 Å². The zero-order chi connectivity index (χ0) is 24.3. The van der Waals surface area contributed by atoms with Crippen LogP contribution in [0.3, 0.4) is 0 Å². The van der Waals surface area contributed by atoms with Crippen LogP contribution in [0.25, 0.3) is 0 Å². The van der Waals surface area contributed by atoms with Gasteiger partial charge in [0.15, 0.2) is 0 Å². The summed E-state index contributed by atoms with van der Waals surface area (Å²) in [4.78, 5) is 12.1. The van der Waals surface area contributed by atoms with E-state index in [0.29, 0.717) is 64.4 Å². The molecule has 0 saturated heterocycles. The average molecular weight is 475 g/mol. The van der Waals surface area contributed by atoms with E-state index in [1.165, 1.54) is 0 Å². The lowest BCUT2D eigenvalue weighted by molar-refractivity contribution is 0.0520. The van der Waals surface area contributed by atoms with Gasteiger partial charge < -0.3 is 28.4 Å². The van der Waals surface area contributed by atoms with Crippen LogP contribution in [0.15, 0.2) is 48.5 Å². The Morgan fingerprint density at radius 2 is 0.941 bits per heavy atom. The van der Waals surface area contributed by atoms with Crippen molar-refractivity contribution in [2.75, 3.05) is 52.9 Å². The Balaban J connectivity index is 1.61. The van der Waals surface area contributed by atoms with Crippen LogP contribution >= 0.6 is 0 Å². The van der Waals surface area contributed by atoms with Crippen molar-refractivity contribution in [3.8, 4) is 11.5 Å². The summed E-state index contributed by atoms with van der Waals surface area (Å²) in [6.45, 7) is 9.26. The molecule has 34 heavy (non-hydrogen) atoms. The summed E-state index contributed by atoms with van der Waals surface area (Å²) in [7, 11) is 0. The smallest absolute Gasteiger partial charge is 0.395 e. The van der Waals surface area contributed by atoms with E-state index in [4.69, 9.17) is 28.4 Å². The number of benzene rings is 2. The summed E-state index contributed by atoms with van der Waals surface area (Å²) < 4.78 is 32.1. The van der Waals surface area contributed by atoms with Crippen molar-refractivity contribution in [3.63, 3.8) is 0 Å². The molecular formula is C27H38O7. The van der Waals surface area contributed by atoms with Crippen molar-refractivity contribution in [2.45, 2.75) is 39.5 Å². The van der Waals surface area contributed by atoms with Gasteiger partial charge in [0.05, 0.1) is 26.4 Å². The number of carbonyl (C=O) groups is 1. The van der Waals surface area contributed by atoms with Gasteiger partial charge in [0, 0.05) is 26.4 Å². The number of ether oxygens (including phenoxy) is 6. The van der Waals surface area contributed by atoms with Gasteiger partial charge in [-0.3, -0.25) is 0 Å². The van der Waals surface area contributed by atoms with E-state index in [1.54, 1.807) is 24.3 Å². The molecule has 2 aromatic rings. The Labute approximate surface area is 203 Å². The van der Waals surface area contributed by atoms with E-state index >= 15 is 0 Å². The van der Waals surface area contributed by atoms with E-state index in [1.807, 2.05) is 38.1 Å². The normalized spacial score (nSPS) is 10.9. The Morgan fingerprint density at radius 1 is 0.559 bits per heavy atom. The molecule has 7 heteroatoms. The van der Waals surface area contributed by atoms with Crippen LogP contribution in [0, 0.1) is 0 Å². The minimum atomic E-state index is -0.758. The lowest BCUT2D eigenvalue weighted by Crippen LogP contribution is -2.13. The summed E-state index contributed by atoms with van der Waals surface area (Å²) in [5, 5.41) is 0. The Hall–Kier alpha value is -2.45. The minimum Gasteiger partial charge on any atom is -0.395 e. The van der Waals surface area contributed by atoms with Crippen molar-refractivity contribution < 1.29 is 33.2 Å². The molecule has 188 valence electrons. The van der Waals surface area contributed by atoms with Crippen molar-refractivity contribution >= 4 is 6.16 Å². The SMILES string of the molecule is CCOCCOCCCc1ccc(OC(=O)Oc2ccc(CCCOCCOCC)cc2)cc1. The molecule has 0 aliphatic heterocycles. The monoisotopic (exact) mass is 474 g/mol. The highest BCUT2D eigenvalue weighted by atomic mass is 16.7. The molecular weight excluding hydrogens is 436 g/mol. The van der Waals surface area contributed by atoms with Crippen molar-refractivity contribution in [1.82, 2.24) is 0 Å². The van der Waals surface area contributed by atoms with Gasteiger partial charge in [0.1, 0.15) is 11.5 Å². The number of hydrogen-bond acceptors (Lipinski definition) is 7. The van der Waals surface area contributed by atoms with Crippen LogP contribution in [0.1, 0.15) is 37.8 Å². The van der Waals surface area contributed by atoms with Crippen LogP contribution in [0.5, 0.6) is 11.5 Å². The van der Waals surface area contributed by atoms with Crippen LogP contribution < -0.4 is 9.47 Å². The third kappa shape index (κ3) is 12.7. The number of aryl methyl sites for hydroxylation is 2. The maximum absolute atomic E-state index is 12.1. The quantitative estimate of drug-likeness (QED) is 0.166. The molecule has 0 aliphatic rings. The van der Waals surface area contributed by atoms with E-state index in [-0.39, 0.29) is 0 Å². The van der Waals surface area contributed by atoms with Crippen LogP contribution in [-0.2, 0) is 31.8 Å². The molecule has 0 fully saturated rings. The molecule has 0 unspecified atom stereocenters. The summed E-state index contributed by atoms with van der Waals surface area (Å²) in [6.07, 6.45) is 2.87. The highest BCUT2D eigenvalue weighted by Gasteiger charge is 2.08. The summed E-state index contributed by atoms with van der Waals surface area (Å²) in [5.74, 6) is 0.894. The molecule has 0 N–H and O–H groups in total. The molecule has 0 spiro atoms. The summed E-state index contributed by atoms with van der Waals surface area (Å²) in [5.41, 5.74) is 2.31. The molecule has 7 nitrogen and oxygen atoms in total. The molecule has 0 aromatic heterocycles. The predicted molar refractivity (Wildman–Crippen MR) is 131 cm³/mol. The molecule has 0 heterocycles. The lowest BCUT2D eigenvalue weighted by Gasteiger charge is -2.08. The molecule has 0 aliphatic carbocycles. The van der Waals surface area contributed by atoms with Gasteiger partial charge in [-0.05, 0) is 74.9 Å². The third-order valence-electron chi connectivity index (χ3n) is 4.91. The number of rotatable bonds is 18. The van der Waals surface area contributed by atoms with Gasteiger partial charge in [-0.25, -0.2) is 4.79 Å². The Kier molecular flexibility index (Phi) is 14.7. The fraction of sp³-hybridized carbons (Fsp3) is 0.519. The Bertz CT molecular complexity index is 709. The highest BCUT2D eigenvalue weighted by molar-refractivity contribution is 5.67. The maximum atomic E-state index is 12.1. The fourth-order valence-electron chi connectivity index (χ4n) is 3.15. The molecule has 0 saturated carbocycles. The second-order valence-corrected chi connectivity index (χ2v) is 7.57. The van der Waals surface area contributed by atoms with Gasteiger partial charge in [-0.2, -0.15) is 0 Å². The van der Waals surface area contributed by atoms with Crippen molar-refractivity contribution in [2.24, 2.45) is 0 Å². The molecule has 0 amide bonds. The molecule has 0 radical (unpaired) electrons. The van der Waals surface area contributed by atoms with Crippen molar-refractivity contribution in [3.05, 3.63) is 59.7 Å². The van der Waals surface area contributed by atoms with Crippen molar-refractivity contribution in [1.29, 1.82) is 0 Å². The average Bonchev–Trinajstić information content (AvgIpc) is 2.85. The van der Waals surface area contributed by atoms with E-state index in [9.17, 15) is 4.79 Å². The topological polar surface area (TPSA) is 72.5 Å². The highest BCUT2D eigenvalue weighted by Crippen LogP contribution is 2.17. The minimum absolute atomic E-state index is 0.447. The largest absolute Gasteiger partial charge is 0.519 e. The maximum Gasteiger partial charge on any atom is 0.519 e. The zero-order valence-corrected chi connectivity index (χ0v) is 20.5.